The van der Waals surface area contributed by atoms with Crippen LogP contribution in [0.3, 0.4) is 0 Å². The summed E-state index contributed by atoms with van der Waals surface area (Å²) in [6.45, 7) is 0. The topological polar surface area (TPSA) is 119 Å². The molecule has 10 heteroatoms. The number of anilines is 2. The van der Waals surface area contributed by atoms with Gasteiger partial charge in [-0.3, -0.25) is 9.59 Å². The lowest BCUT2D eigenvalue weighted by molar-refractivity contribution is -0.167. The zero-order chi connectivity index (χ0) is 18.8. The van der Waals surface area contributed by atoms with E-state index in [0.717, 1.165) is 18.2 Å². The zero-order valence-corrected chi connectivity index (χ0v) is 12.3. The zero-order valence-electron chi connectivity index (χ0n) is 12.3. The van der Waals surface area contributed by atoms with Crippen molar-refractivity contribution in [2.45, 2.75) is 6.18 Å². The van der Waals surface area contributed by atoms with Gasteiger partial charge >= 0.3 is 12.1 Å². The van der Waals surface area contributed by atoms with Crippen LogP contribution in [0.4, 0.5) is 24.5 Å². The molecule has 25 heavy (non-hydrogen) atoms. The molecule has 0 unspecified atom stereocenters. The number of hydrogen-bond donors (Lipinski definition) is 5. The van der Waals surface area contributed by atoms with Gasteiger partial charge in [-0.2, -0.15) is 13.2 Å². The molecule has 132 valence electrons. The van der Waals surface area contributed by atoms with Crippen LogP contribution in [-0.4, -0.2) is 33.3 Å². The first-order valence-corrected chi connectivity index (χ1v) is 6.62. The molecule has 0 aliphatic heterocycles. The minimum atomic E-state index is -5.06. The smallest absolute Gasteiger partial charge is 0.471 e. The summed E-state index contributed by atoms with van der Waals surface area (Å²) < 4.78 is 36.7. The van der Waals surface area contributed by atoms with Gasteiger partial charge < -0.3 is 26.0 Å². The molecule has 0 bridgehead atoms. The highest BCUT2D eigenvalue weighted by Gasteiger charge is 2.38. The second-order valence-electron chi connectivity index (χ2n) is 4.85. The van der Waals surface area contributed by atoms with Crippen molar-refractivity contribution in [1.29, 1.82) is 0 Å². The highest BCUT2D eigenvalue weighted by molar-refractivity contribution is 6.05. The molecule has 0 radical (unpaired) electrons. The van der Waals surface area contributed by atoms with Gasteiger partial charge in [0.2, 0.25) is 0 Å². The summed E-state index contributed by atoms with van der Waals surface area (Å²) in [7, 11) is 0. The Morgan fingerprint density at radius 2 is 1.40 bits per heavy atom. The summed E-state index contributed by atoms with van der Waals surface area (Å²) >= 11 is 0. The van der Waals surface area contributed by atoms with E-state index in [-0.39, 0.29) is 16.9 Å². The maximum atomic E-state index is 12.2. The lowest BCUT2D eigenvalue weighted by Gasteiger charge is -2.11. The van der Waals surface area contributed by atoms with E-state index in [0.29, 0.717) is 0 Å². The average Bonchev–Trinajstić information content (AvgIpc) is 2.51. The highest BCUT2D eigenvalue weighted by Crippen LogP contribution is 2.35. The Bertz CT molecular complexity index is 813. The third kappa shape index (κ3) is 4.31. The van der Waals surface area contributed by atoms with Gasteiger partial charge in [-0.05, 0) is 30.3 Å². The maximum absolute atomic E-state index is 12.2. The predicted molar refractivity (Wildman–Crippen MR) is 80.5 cm³/mol. The molecule has 0 aliphatic rings. The summed E-state index contributed by atoms with van der Waals surface area (Å²) in [5.74, 6) is -5.23. The van der Waals surface area contributed by atoms with Crippen LogP contribution in [0.1, 0.15) is 10.4 Å². The number of phenolic OH excluding ortho intramolecular Hbond substituents is 3. The van der Waals surface area contributed by atoms with Gasteiger partial charge in [-0.25, -0.2) is 0 Å². The quantitative estimate of drug-likeness (QED) is 0.542. The number of carbonyl (C=O) groups excluding carboxylic acids is 2. The number of halogens is 3. The second-order valence-corrected chi connectivity index (χ2v) is 4.85. The van der Waals surface area contributed by atoms with E-state index in [1.807, 2.05) is 0 Å². The van der Waals surface area contributed by atoms with Crippen LogP contribution in [0.5, 0.6) is 17.2 Å². The number of carbonyl (C=O) groups is 2. The van der Waals surface area contributed by atoms with Crippen molar-refractivity contribution >= 4 is 23.2 Å². The summed E-state index contributed by atoms with van der Waals surface area (Å²) in [5.41, 5.74) is -0.355. The third-order valence-electron chi connectivity index (χ3n) is 2.97. The van der Waals surface area contributed by atoms with Crippen LogP contribution in [0, 0.1) is 0 Å². The van der Waals surface area contributed by atoms with Gasteiger partial charge in [-0.15, -0.1) is 0 Å². The molecule has 0 aromatic heterocycles. The van der Waals surface area contributed by atoms with E-state index in [4.69, 9.17) is 0 Å². The van der Waals surface area contributed by atoms with Crippen LogP contribution in [0.25, 0.3) is 0 Å². The molecule has 2 rings (SSSR count). The normalized spacial score (nSPS) is 11.0. The molecule has 0 saturated heterocycles. The summed E-state index contributed by atoms with van der Waals surface area (Å²) in [6.07, 6.45) is -5.06. The molecule has 0 saturated carbocycles. The fraction of sp³-hybridized carbons (Fsp3) is 0.0667. The van der Waals surface area contributed by atoms with Gasteiger partial charge in [0.25, 0.3) is 5.91 Å². The fourth-order valence-electron chi connectivity index (χ4n) is 1.82. The minimum absolute atomic E-state index is 0.0528. The molecule has 0 fully saturated rings. The predicted octanol–water partition coefficient (Wildman–Crippen LogP) is 2.56. The van der Waals surface area contributed by atoms with Gasteiger partial charge in [0.1, 0.15) is 0 Å². The molecule has 0 atom stereocenters. The molecule has 7 nitrogen and oxygen atoms in total. The molecule has 0 aliphatic carbocycles. The number of nitrogens with one attached hydrogen (secondary N) is 2. The Morgan fingerprint density at radius 3 is 1.92 bits per heavy atom. The van der Waals surface area contributed by atoms with Crippen molar-refractivity contribution in [2.24, 2.45) is 0 Å². The van der Waals surface area contributed by atoms with E-state index in [1.165, 1.54) is 18.2 Å². The number of alkyl halides is 3. The van der Waals surface area contributed by atoms with E-state index in [9.17, 15) is 38.1 Å². The van der Waals surface area contributed by atoms with Gasteiger partial charge in [0.15, 0.2) is 17.2 Å². The molecule has 0 spiro atoms. The molecular formula is C15H11F3N2O5. The van der Waals surface area contributed by atoms with Crippen molar-refractivity contribution in [1.82, 2.24) is 0 Å². The first kappa shape index (κ1) is 17.9. The SMILES string of the molecule is O=C(Nc1cccc(NC(=O)C(F)(F)F)c1)c1cc(O)c(O)c(O)c1. The summed E-state index contributed by atoms with van der Waals surface area (Å²) in [5, 5.41) is 31.9. The number of amides is 2. The molecule has 2 aromatic rings. The van der Waals surface area contributed by atoms with E-state index in [2.05, 4.69) is 5.32 Å². The van der Waals surface area contributed by atoms with Crippen molar-refractivity contribution in [3.63, 3.8) is 0 Å². The Labute approximate surface area is 138 Å². The Morgan fingerprint density at radius 1 is 0.880 bits per heavy atom. The largest absolute Gasteiger partial charge is 0.504 e. The molecule has 5 N–H and O–H groups in total. The Hall–Kier alpha value is -3.43. The Balaban J connectivity index is 2.17. The van der Waals surface area contributed by atoms with Crippen molar-refractivity contribution in [3.05, 3.63) is 42.0 Å². The molecular weight excluding hydrogens is 345 g/mol. The first-order valence-electron chi connectivity index (χ1n) is 6.62. The van der Waals surface area contributed by atoms with Crippen LogP contribution in [0.2, 0.25) is 0 Å². The molecule has 2 aromatic carbocycles. The monoisotopic (exact) mass is 356 g/mol. The number of aromatic hydroxyl groups is 3. The number of hydrogen-bond acceptors (Lipinski definition) is 5. The van der Waals surface area contributed by atoms with Gasteiger partial charge in [0, 0.05) is 16.9 Å². The second kappa shape index (κ2) is 6.59. The average molecular weight is 356 g/mol. The highest BCUT2D eigenvalue weighted by atomic mass is 19.4. The van der Waals surface area contributed by atoms with Crippen molar-refractivity contribution in [3.8, 4) is 17.2 Å². The van der Waals surface area contributed by atoms with Gasteiger partial charge in [0.05, 0.1) is 0 Å². The van der Waals surface area contributed by atoms with E-state index >= 15 is 0 Å². The lowest BCUT2D eigenvalue weighted by atomic mass is 10.1. The summed E-state index contributed by atoms with van der Waals surface area (Å²) in [6, 6.07) is 6.70. The van der Waals surface area contributed by atoms with Crippen molar-refractivity contribution < 1.29 is 38.1 Å². The molecule has 2 amide bonds. The number of rotatable bonds is 3. The van der Waals surface area contributed by atoms with Crippen LogP contribution in [0.15, 0.2) is 36.4 Å². The molecule has 0 heterocycles. The first-order chi connectivity index (χ1) is 11.6. The fourth-order valence-corrected chi connectivity index (χ4v) is 1.82. The lowest BCUT2D eigenvalue weighted by Crippen LogP contribution is -2.29. The standard InChI is InChI=1S/C15H11F3N2O5/c16-15(17,18)14(25)20-9-3-1-2-8(6-9)19-13(24)7-4-10(21)12(23)11(22)5-7/h1-6,21-23H,(H,19,24)(H,20,25). The third-order valence-corrected chi connectivity index (χ3v) is 2.97. The Kier molecular flexibility index (Phi) is 4.72. The van der Waals surface area contributed by atoms with Gasteiger partial charge in [-0.1, -0.05) is 6.07 Å². The van der Waals surface area contributed by atoms with E-state index in [1.54, 1.807) is 5.32 Å². The number of benzene rings is 2. The van der Waals surface area contributed by atoms with Crippen LogP contribution in [-0.2, 0) is 4.79 Å². The van der Waals surface area contributed by atoms with Crippen LogP contribution >= 0.6 is 0 Å². The summed E-state index contributed by atoms with van der Waals surface area (Å²) in [4.78, 5) is 22.9. The maximum Gasteiger partial charge on any atom is 0.471 e. The minimum Gasteiger partial charge on any atom is -0.504 e. The van der Waals surface area contributed by atoms with Crippen LogP contribution < -0.4 is 10.6 Å². The number of phenols is 3. The van der Waals surface area contributed by atoms with E-state index < -0.39 is 35.2 Å². The van der Waals surface area contributed by atoms with Crippen molar-refractivity contribution in [2.75, 3.05) is 10.6 Å².